The number of halogens is 1. The second-order valence-corrected chi connectivity index (χ2v) is 4.43. The van der Waals surface area contributed by atoms with Gasteiger partial charge in [0.25, 0.3) is 0 Å². The first-order chi connectivity index (χ1) is 8.02. The zero-order chi connectivity index (χ0) is 13.0. The highest BCUT2D eigenvalue weighted by atomic mass is 35.5. The molecule has 0 bridgehead atoms. The van der Waals surface area contributed by atoms with Crippen LogP contribution in [0, 0.1) is 13.8 Å². The molecule has 1 unspecified atom stereocenters. The number of ether oxygens (including phenoxy) is 2. The summed E-state index contributed by atoms with van der Waals surface area (Å²) >= 11 is 6.25. The summed E-state index contributed by atoms with van der Waals surface area (Å²) in [6.45, 7) is 6.95. The molecule has 17 heavy (non-hydrogen) atoms. The molecule has 1 aromatic rings. The van der Waals surface area contributed by atoms with Crippen molar-refractivity contribution in [2.75, 3.05) is 20.3 Å². The summed E-state index contributed by atoms with van der Waals surface area (Å²) in [6.07, 6.45) is -0.0772. The largest absolute Gasteiger partial charge is 0.496 e. The highest BCUT2D eigenvalue weighted by molar-refractivity contribution is 6.32. The van der Waals surface area contributed by atoms with Crippen molar-refractivity contribution in [3.63, 3.8) is 0 Å². The number of methoxy groups -OCH3 is 1. The molecule has 0 saturated heterocycles. The van der Waals surface area contributed by atoms with Gasteiger partial charge in [0, 0.05) is 17.1 Å². The van der Waals surface area contributed by atoms with Crippen LogP contribution in [0.15, 0.2) is 6.07 Å². The van der Waals surface area contributed by atoms with E-state index in [0.29, 0.717) is 13.2 Å². The molecule has 4 heteroatoms. The number of hydrogen-bond acceptors (Lipinski definition) is 3. The predicted octanol–water partition coefficient (Wildman–Crippen LogP) is 3.00. The minimum Gasteiger partial charge on any atom is -0.496 e. The Morgan fingerprint density at radius 2 is 2.06 bits per heavy atom. The van der Waals surface area contributed by atoms with Gasteiger partial charge in [-0.3, -0.25) is 0 Å². The standard InChI is InChI=1S/C13H20ClNO2/c1-8-7-11(16-4)12(9(2)13(8)14)10(3)17-6-5-15/h7,10H,5-6,15H2,1-4H3. The molecule has 1 aromatic carbocycles. The molecule has 1 atom stereocenters. The summed E-state index contributed by atoms with van der Waals surface area (Å²) in [4.78, 5) is 0. The van der Waals surface area contributed by atoms with Gasteiger partial charge in [0.1, 0.15) is 5.75 Å². The Bertz CT molecular complexity index is 393. The third kappa shape index (κ3) is 3.12. The lowest BCUT2D eigenvalue weighted by atomic mass is 10.00. The van der Waals surface area contributed by atoms with Crippen molar-refractivity contribution < 1.29 is 9.47 Å². The maximum Gasteiger partial charge on any atom is 0.125 e. The molecule has 0 aliphatic heterocycles. The summed E-state index contributed by atoms with van der Waals surface area (Å²) in [6, 6.07) is 1.94. The second-order valence-electron chi connectivity index (χ2n) is 4.05. The Morgan fingerprint density at radius 1 is 1.41 bits per heavy atom. The van der Waals surface area contributed by atoms with Gasteiger partial charge < -0.3 is 15.2 Å². The topological polar surface area (TPSA) is 44.5 Å². The fourth-order valence-corrected chi connectivity index (χ4v) is 2.10. The molecular formula is C13H20ClNO2. The van der Waals surface area contributed by atoms with E-state index in [4.69, 9.17) is 26.8 Å². The van der Waals surface area contributed by atoms with Crippen LogP contribution < -0.4 is 10.5 Å². The van der Waals surface area contributed by atoms with Gasteiger partial charge in [-0.25, -0.2) is 0 Å². The molecule has 0 heterocycles. The van der Waals surface area contributed by atoms with E-state index in [9.17, 15) is 0 Å². The minimum atomic E-state index is -0.0772. The smallest absolute Gasteiger partial charge is 0.125 e. The number of benzene rings is 1. The van der Waals surface area contributed by atoms with Gasteiger partial charge in [-0.05, 0) is 38.0 Å². The lowest BCUT2D eigenvalue weighted by molar-refractivity contribution is 0.0695. The summed E-state index contributed by atoms with van der Waals surface area (Å²) in [5.41, 5.74) is 8.45. The third-order valence-corrected chi connectivity index (χ3v) is 3.39. The molecule has 3 nitrogen and oxygen atoms in total. The fraction of sp³-hybridized carbons (Fsp3) is 0.538. The van der Waals surface area contributed by atoms with E-state index >= 15 is 0 Å². The van der Waals surface area contributed by atoms with Crippen LogP contribution in [0.2, 0.25) is 5.02 Å². The Labute approximate surface area is 108 Å². The third-order valence-electron chi connectivity index (χ3n) is 2.80. The predicted molar refractivity (Wildman–Crippen MR) is 70.9 cm³/mol. The molecule has 0 aromatic heterocycles. The Balaban J connectivity index is 3.16. The molecule has 0 spiro atoms. The monoisotopic (exact) mass is 257 g/mol. The van der Waals surface area contributed by atoms with E-state index in [1.54, 1.807) is 7.11 Å². The van der Waals surface area contributed by atoms with Gasteiger partial charge in [-0.1, -0.05) is 11.6 Å². The van der Waals surface area contributed by atoms with Crippen LogP contribution >= 0.6 is 11.6 Å². The average molecular weight is 258 g/mol. The highest BCUT2D eigenvalue weighted by Gasteiger charge is 2.18. The molecule has 2 N–H and O–H groups in total. The van der Waals surface area contributed by atoms with Gasteiger partial charge in [0.2, 0.25) is 0 Å². The van der Waals surface area contributed by atoms with Gasteiger partial charge >= 0.3 is 0 Å². The van der Waals surface area contributed by atoms with Crippen molar-refractivity contribution in [2.24, 2.45) is 5.73 Å². The first-order valence-electron chi connectivity index (χ1n) is 5.68. The molecule has 0 saturated carbocycles. The van der Waals surface area contributed by atoms with E-state index in [-0.39, 0.29) is 6.10 Å². The zero-order valence-electron chi connectivity index (χ0n) is 10.8. The van der Waals surface area contributed by atoms with Crippen molar-refractivity contribution in [1.29, 1.82) is 0 Å². The van der Waals surface area contributed by atoms with Gasteiger partial charge in [-0.2, -0.15) is 0 Å². The van der Waals surface area contributed by atoms with E-state index in [1.807, 2.05) is 26.8 Å². The highest BCUT2D eigenvalue weighted by Crippen LogP contribution is 2.36. The van der Waals surface area contributed by atoms with Crippen LogP contribution in [0.25, 0.3) is 0 Å². The Kier molecular flexibility index (Phi) is 5.25. The molecule has 0 amide bonds. The normalized spacial score (nSPS) is 12.6. The van der Waals surface area contributed by atoms with Crippen LogP contribution in [-0.4, -0.2) is 20.3 Å². The Morgan fingerprint density at radius 3 is 2.59 bits per heavy atom. The number of aryl methyl sites for hydroxylation is 1. The first kappa shape index (κ1) is 14.3. The lowest BCUT2D eigenvalue weighted by Crippen LogP contribution is -2.12. The summed E-state index contributed by atoms with van der Waals surface area (Å²) in [5, 5.41) is 0.768. The van der Waals surface area contributed by atoms with Gasteiger partial charge in [0.15, 0.2) is 0 Å². The summed E-state index contributed by atoms with van der Waals surface area (Å²) < 4.78 is 11.0. The first-order valence-corrected chi connectivity index (χ1v) is 6.06. The van der Waals surface area contributed by atoms with Gasteiger partial charge in [-0.15, -0.1) is 0 Å². The van der Waals surface area contributed by atoms with Crippen LogP contribution in [0.5, 0.6) is 5.75 Å². The number of rotatable bonds is 5. The van der Waals surface area contributed by atoms with Crippen molar-refractivity contribution >= 4 is 11.6 Å². The van der Waals surface area contributed by atoms with Crippen LogP contribution in [0.3, 0.4) is 0 Å². The summed E-state index contributed by atoms with van der Waals surface area (Å²) in [7, 11) is 1.65. The number of hydrogen-bond donors (Lipinski definition) is 1. The molecule has 0 aliphatic carbocycles. The molecule has 0 aliphatic rings. The van der Waals surface area contributed by atoms with Crippen molar-refractivity contribution in [3.05, 3.63) is 27.8 Å². The molecule has 96 valence electrons. The minimum absolute atomic E-state index is 0.0772. The quantitative estimate of drug-likeness (QED) is 0.882. The van der Waals surface area contributed by atoms with Gasteiger partial charge in [0.05, 0.1) is 19.8 Å². The van der Waals surface area contributed by atoms with Crippen molar-refractivity contribution in [2.45, 2.75) is 26.9 Å². The molecule has 0 fully saturated rings. The SMILES string of the molecule is COc1cc(C)c(Cl)c(C)c1C(C)OCCN. The maximum absolute atomic E-state index is 6.25. The zero-order valence-corrected chi connectivity index (χ0v) is 11.6. The lowest BCUT2D eigenvalue weighted by Gasteiger charge is -2.20. The molecule has 1 rings (SSSR count). The van der Waals surface area contributed by atoms with Crippen molar-refractivity contribution in [3.8, 4) is 5.75 Å². The van der Waals surface area contributed by atoms with Crippen LogP contribution in [0.1, 0.15) is 29.7 Å². The summed E-state index contributed by atoms with van der Waals surface area (Å²) in [5.74, 6) is 0.814. The average Bonchev–Trinajstić information content (AvgIpc) is 2.32. The second kappa shape index (κ2) is 6.24. The maximum atomic E-state index is 6.25. The van der Waals surface area contributed by atoms with E-state index < -0.39 is 0 Å². The van der Waals surface area contributed by atoms with E-state index in [2.05, 4.69) is 0 Å². The van der Waals surface area contributed by atoms with Crippen molar-refractivity contribution in [1.82, 2.24) is 0 Å². The molecular weight excluding hydrogens is 238 g/mol. The fourth-order valence-electron chi connectivity index (χ4n) is 1.94. The Hall–Kier alpha value is -0.770. The molecule has 0 radical (unpaired) electrons. The van der Waals surface area contributed by atoms with E-state index in [1.165, 1.54) is 0 Å². The number of nitrogens with two attached hydrogens (primary N) is 1. The van der Waals surface area contributed by atoms with E-state index in [0.717, 1.165) is 27.5 Å². The van der Waals surface area contributed by atoms with Crippen LogP contribution in [0.4, 0.5) is 0 Å². The van der Waals surface area contributed by atoms with Crippen LogP contribution in [-0.2, 0) is 4.74 Å².